The Labute approximate surface area is 183 Å². The van der Waals surface area contributed by atoms with Gasteiger partial charge in [0.2, 0.25) is 0 Å². The lowest BCUT2D eigenvalue weighted by Crippen LogP contribution is -2.18. The van der Waals surface area contributed by atoms with Gasteiger partial charge in [-0.05, 0) is 65.4 Å². The number of nitrogens with one attached hydrogen (secondary N) is 2. The largest absolute Gasteiger partial charge is 0.507 e. The number of amides is 2. The van der Waals surface area contributed by atoms with E-state index in [4.69, 9.17) is 0 Å². The highest BCUT2D eigenvalue weighted by molar-refractivity contribution is 6.05. The number of hydrogen-bond donors (Lipinski definition) is 3. The zero-order chi connectivity index (χ0) is 22.5. The van der Waals surface area contributed by atoms with E-state index in [1.54, 1.807) is 36.4 Å². The third-order valence-corrected chi connectivity index (χ3v) is 4.82. The van der Waals surface area contributed by atoms with Crippen molar-refractivity contribution < 1.29 is 19.1 Å². The molecule has 0 fully saturated rings. The van der Waals surface area contributed by atoms with Crippen LogP contribution in [0.25, 0.3) is 10.8 Å². The number of anilines is 1. The van der Waals surface area contributed by atoms with Crippen LogP contribution in [-0.4, -0.2) is 23.1 Å². The van der Waals surface area contributed by atoms with Crippen LogP contribution in [0.3, 0.4) is 0 Å². The van der Waals surface area contributed by atoms with Crippen LogP contribution in [0.5, 0.6) is 5.75 Å². The van der Waals surface area contributed by atoms with E-state index in [1.165, 1.54) is 30.5 Å². The van der Waals surface area contributed by atoms with Gasteiger partial charge in [-0.25, -0.2) is 9.82 Å². The molecule has 0 heterocycles. The van der Waals surface area contributed by atoms with Crippen molar-refractivity contribution in [2.75, 3.05) is 5.32 Å². The first-order valence-electron chi connectivity index (χ1n) is 9.72. The zero-order valence-electron chi connectivity index (χ0n) is 16.7. The van der Waals surface area contributed by atoms with Gasteiger partial charge >= 0.3 is 0 Å². The van der Waals surface area contributed by atoms with E-state index in [1.807, 2.05) is 24.3 Å². The zero-order valence-corrected chi connectivity index (χ0v) is 16.7. The Balaban J connectivity index is 1.41. The number of benzene rings is 4. The Bertz CT molecular complexity index is 1320. The Hall–Kier alpha value is -4.52. The van der Waals surface area contributed by atoms with E-state index in [9.17, 15) is 19.1 Å². The van der Waals surface area contributed by atoms with Crippen LogP contribution in [0.4, 0.5) is 10.1 Å². The molecule has 4 rings (SSSR count). The van der Waals surface area contributed by atoms with E-state index in [0.717, 1.165) is 10.8 Å². The number of hydrazone groups is 1. The number of rotatable bonds is 5. The van der Waals surface area contributed by atoms with E-state index in [0.29, 0.717) is 22.4 Å². The highest BCUT2D eigenvalue weighted by Crippen LogP contribution is 2.25. The number of phenolic OH excluding ortho intramolecular Hbond substituents is 1. The molecular formula is C25H18FN3O3. The molecule has 0 atom stereocenters. The Morgan fingerprint density at radius 1 is 0.812 bits per heavy atom. The molecule has 0 bridgehead atoms. The van der Waals surface area contributed by atoms with Gasteiger partial charge in [0.1, 0.15) is 11.6 Å². The van der Waals surface area contributed by atoms with Gasteiger partial charge in [-0.2, -0.15) is 5.10 Å². The molecule has 0 aliphatic rings. The Kier molecular flexibility index (Phi) is 5.89. The number of fused-ring (bicyclic) bond motifs is 1. The molecule has 0 radical (unpaired) electrons. The fourth-order valence-corrected chi connectivity index (χ4v) is 3.15. The molecule has 0 aliphatic carbocycles. The van der Waals surface area contributed by atoms with Gasteiger partial charge in [0.25, 0.3) is 11.8 Å². The number of phenols is 1. The van der Waals surface area contributed by atoms with Gasteiger partial charge in [-0.1, -0.05) is 30.3 Å². The average molecular weight is 427 g/mol. The number of halogens is 1. The van der Waals surface area contributed by atoms with Crippen molar-refractivity contribution in [3.05, 3.63) is 107 Å². The average Bonchev–Trinajstić information content (AvgIpc) is 2.81. The molecule has 2 amide bonds. The minimum atomic E-state index is -0.447. The molecule has 4 aromatic carbocycles. The second-order valence-electron chi connectivity index (χ2n) is 6.96. The summed E-state index contributed by atoms with van der Waals surface area (Å²) in [6.45, 7) is 0. The van der Waals surface area contributed by atoms with Crippen molar-refractivity contribution in [1.29, 1.82) is 0 Å². The van der Waals surface area contributed by atoms with Gasteiger partial charge in [0, 0.05) is 22.4 Å². The maximum atomic E-state index is 13.0. The summed E-state index contributed by atoms with van der Waals surface area (Å²) in [6.07, 6.45) is 1.40. The molecule has 4 aromatic rings. The number of aromatic hydroxyl groups is 1. The van der Waals surface area contributed by atoms with Gasteiger partial charge in [0.15, 0.2) is 0 Å². The highest BCUT2D eigenvalue weighted by atomic mass is 19.1. The Morgan fingerprint density at radius 2 is 1.47 bits per heavy atom. The number of carbonyl (C=O) groups excluding carboxylic acids is 2. The lowest BCUT2D eigenvalue weighted by Gasteiger charge is -2.07. The third-order valence-electron chi connectivity index (χ3n) is 4.82. The summed E-state index contributed by atoms with van der Waals surface area (Å²) < 4.78 is 13.0. The SMILES string of the molecule is O=C(NN=Cc1c(O)ccc2ccccc12)c1ccc(NC(=O)c2ccc(F)cc2)cc1. The van der Waals surface area contributed by atoms with Crippen molar-refractivity contribution in [3.8, 4) is 5.75 Å². The summed E-state index contributed by atoms with van der Waals surface area (Å²) in [5.41, 5.74) is 4.07. The van der Waals surface area contributed by atoms with Crippen molar-refractivity contribution in [2.24, 2.45) is 5.10 Å². The molecule has 6 nitrogen and oxygen atoms in total. The first kappa shape index (κ1) is 20.7. The predicted molar refractivity (Wildman–Crippen MR) is 121 cm³/mol. The molecule has 0 aliphatic heterocycles. The summed E-state index contributed by atoms with van der Waals surface area (Å²) in [7, 11) is 0. The van der Waals surface area contributed by atoms with Crippen LogP contribution in [0.15, 0.2) is 90.0 Å². The molecule has 32 heavy (non-hydrogen) atoms. The molecule has 0 aromatic heterocycles. The van der Waals surface area contributed by atoms with Crippen LogP contribution < -0.4 is 10.7 Å². The first-order chi connectivity index (χ1) is 15.5. The van der Waals surface area contributed by atoms with Gasteiger partial charge < -0.3 is 10.4 Å². The fourth-order valence-electron chi connectivity index (χ4n) is 3.15. The van der Waals surface area contributed by atoms with Crippen LogP contribution >= 0.6 is 0 Å². The maximum Gasteiger partial charge on any atom is 0.271 e. The molecule has 0 unspecified atom stereocenters. The fraction of sp³-hybridized carbons (Fsp3) is 0. The number of nitrogens with zero attached hydrogens (tertiary/aromatic N) is 1. The molecule has 3 N–H and O–H groups in total. The first-order valence-corrected chi connectivity index (χ1v) is 9.72. The van der Waals surface area contributed by atoms with Gasteiger partial charge in [-0.15, -0.1) is 0 Å². The standard InChI is InChI=1S/C25H18FN3O3/c26-19-10-5-17(6-11-19)24(31)28-20-12-7-18(8-13-20)25(32)29-27-15-22-21-4-2-1-3-16(21)9-14-23(22)30/h1-15,30H,(H,28,31)(H,29,32). The summed E-state index contributed by atoms with van der Waals surface area (Å²) in [4.78, 5) is 24.5. The van der Waals surface area contributed by atoms with E-state index >= 15 is 0 Å². The molecule has 7 heteroatoms. The monoisotopic (exact) mass is 427 g/mol. The maximum absolute atomic E-state index is 13.0. The van der Waals surface area contributed by atoms with Gasteiger partial charge in [-0.3, -0.25) is 9.59 Å². The van der Waals surface area contributed by atoms with E-state index < -0.39 is 11.7 Å². The quantitative estimate of drug-likeness (QED) is 0.318. The summed E-state index contributed by atoms with van der Waals surface area (Å²) in [6, 6.07) is 22.3. The lowest BCUT2D eigenvalue weighted by molar-refractivity contribution is 0.0954. The van der Waals surface area contributed by atoms with Crippen molar-refractivity contribution in [1.82, 2.24) is 5.43 Å². The normalized spacial score (nSPS) is 10.9. The molecular weight excluding hydrogens is 409 g/mol. The molecule has 0 spiro atoms. The number of hydrogen-bond acceptors (Lipinski definition) is 4. The lowest BCUT2D eigenvalue weighted by atomic mass is 10.0. The molecule has 0 saturated carbocycles. The topological polar surface area (TPSA) is 90.8 Å². The summed E-state index contributed by atoms with van der Waals surface area (Å²) in [5, 5.41) is 18.5. The van der Waals surface area contributed by atoms with E-state index in [-0.39, 0.29) is 11.7 Å². The van der Waals surface area contributed by atoms with Crippen molar-refractivity contribution >= 4 is 34.5 Å². The minimum Gasteiger partial charge on any atom is -0.507 e. The second kappa shape index (κ2) is 9.09. The van der Waals surface area contributed by atoms with Crippen molar-refractivity contribution in [3.63, 3.8) is 0 Å². The van der Waals surface area contributed by atoms with Gasteiger partial charge in [0.05, 0.1) is 6.21 Å². The van der Waals surface area contributed by atoms with Crippen LogP contribution in [0.2, 0.25) is 0 Å². The van der Waals surface area contributed by atoms with Crippen molar-refractivity contribution in [2.45, 2.75) is 0 Å². The number of carbonyl (C=O) groups is 2. The Morgan fingerprint density at radius 3 is 2.22 bits per heavy atom. The van der Waals surface area contributed by atoms with Crippen LogP contribution in [-0.2, 0) is 0 Å². The predicted octanol–water partition coefficient (Wildman–Crippen LogP) is 4.70. The smallest absolute Gasteiger partial charge is 0.271 e. The third kappa shape index (κ3) is 4.62. The highest BCUT2D eigenvalue weighted by Gasteiger charge is 2.09. The molecule has 0 saturated heterocycles. The second-order valence-corrected chi connectivity index (χ2v) is 6.96. The summed E-state index contributed by atoms with van der Waals surface area (Å²) in [5.74, 6) is -1.20. The van der Waals surface area contributed by atoms with E-state index in [2.05, 4.69) is 15.8 Å². The van der Waals surface area contributed by atoms with Crippen LogP contribution in [0, 0.1) is 5.82 Å². The van der Waals surface area contributed by atoms with Crippen LogP contribution in [0.1, 0.15) is 26.3 Å². The summed E-state index contributed by atoms with van der Waals surface area (Å²) >= 11 is 0. The molecule has 158 valence electrons. The minimum absolute atomic E-state index is 0.0583.